The predicted molar refractivity (Wildman–Crippen MR) is 121 cm³/mol. The zero-order valence-electron chi connectivity index (χ0n) is 19.6. The van der Waals surface area contributed by atoms with Crippen LogP contribution in [0.4, 0.5) is 4.39 Å². The molecule has 1 fully saturated rings. The normalized spacial score (nSPS) is 24.9. The van der Waals surface area contributed by atoms with Gasteiger partial charge in [-0.25, -0.2) is 15.8 Å². The third-order valence-corrected chi connectivity index (χ3v) is 8.12. The van der Waals surface area contributed by atoms with Gasteiger partial charge >= 0.3 is 5.69 Å². The lowest BCUT2D eigenvalue weighted by atomic mass is 10.2. The molecule has 174 valence electrons. The molecule has 2 aromatic heterocycles. The maximum absolute atomic E-state index is 16.1. The van der Waals surface area contributed by atoms with Gasteiger partial charge in [0.2, 0.25) is 12.1 Å². The first-order valence-electron chi connectivity index (χ1n) is 11.1. The summed E-state index contributed by atoms with van der Waals surface area (Å²) in [7, 11) is -1.58. The van der Waals surface area contributed by atoms with Crippen LogP contribution in [0.15, 0.2) is 27.9 Å². The maximum Gasteiger partial charge on any atom is 0.351 e. The first-order valence-corrected chi connectivity index (χ1v) is 11.7. The first-order chi connectivity index (χ1) is 15.7. The number of halogens is 1. The van der Waals surface area contributed by atoms with Gasteiger partial charge in [0, 0.05) is 31.1 Å². The smallest absolute Gasteiger partial charge is 0.351 e. The quantitative estimate of drug-likeness (QED) is 0.365. The second kappa shape index (κ2) is 10.2. The van der Waals surface area contributed by atoms with Crippen molar-refractivity contribution in [3.8, 4) is 0 Å². The van der Waals surface area contributed by atoms with Crippen molar-refractivity contribution in [1.29, 1.82) is 0 Å². The second-order valence-electron chi connectivity index (χ2n) is 8.14. The molecular weight excluding hydrogens is 436 g/mol. The molecule has 2 aromatic rings. The maximum atomic E-state index is 16.1. The number of ether oxygens (including phenoxy) is 1. The summed E-state index contributed by atoms with van der Waals surface area (Å²) in [4.78, 5) is 33.9. The van der Waals surface area contributed by atoms with E-state index in [9.17, 15) is 9.59 Å². The number of fused-ring (bicyclic) bond motifs is 1. The van der Waals surface area contributed by atoms with Crippen LogP contribution in [-0.2, 0) is 9.26 Å². The van der Waals surface area contributed by atoms with Crippen molar-refractivity contribution >= 4 is 19.3 Å². The van der Waals surface area contributed by atoms with E-state index in [1.54, 1.807) is 0 Å². The summed E-state index contributed by atoms with van der Waals surface area (Å²) in [6, 6.07) is 2.86. The molecule has 1 saturated heterocycles. The SMILES string of the molecule is [2H]CC1OC(n2cc3ccc(=O)[nH]c3nc2=O)C(F)C1P(OCC[N+]#[C-])N(C(C)C)C(C)C. The van der Waals surface area contributed by atoms with Gasteiger partial charge in [0.05, 0.1) is 11.8 Å². The third kappa shape index (κ3) is 4.91. The number of rotatable bonds is 8. The highest BCUT2D eigenvalue weighted by Gasteiger charge is 2.51. The Morgan fingerprint density at radius 1 is 1.41 bits per heavy atom. The fraction of sp³-hybridized carbons (Fsp3) is 0.619. The molecule has 1 aliphatic heterocycles. The number of aromatic amines is 1. The average molecular weight is 466 g/mol. The fourth-order valence-electron chi connectivity index (χ4n) is 3.94. The van der Waals surface area contributed by atoms with Crippen LogP contribution in [0.25, 0.3) is 15.9 Å². The molecule has 0 spiro atoms. The minimum atomic E-state index is -1.64. The van der Waals surface area contributed by atoms with Crippen molar-refractivity contribution in [3.05, 3.63) is 50.6 Å². The van der Waals surface area contributed by atoms with Crippen LogP contribution in [0.1, 0.15) is 42.2 Å². The summed E-state index contributed by atoms with van der Waals surface area (Å²) < 4.78 is 39.2. The summed E-state index contributed by atoms with van der Waals surface area (Å²) in [5.41, 5.74) is -1.84. The Balaban J connectivity index is 2.02. The molecule has 0 aromatic carbocycles. The van der Waals surface area contributed by atoms with Crippen molar-refractivity contribution in [3.63, 3.8) is 0 Å². The van der Waals surface area contributed by atoms with Crippen LogP contribution in [0.5, 0.6) is 0 Å². The monoisotopic (exact) mass is 466 g/mol. The van der Waals surface area contributed by atoms with Gasteiger partial charge in [-0.05, 0) is 40.7 Å². The van der Waals surface area contributed by atoms with Gasteiger partial charge < -0.3 is 19.1 Å². The molecule has 3 rings (SSSR count). The minimum Gasteiger partial charge on any atom is -0.351 e. The molecule has 3 heterocycles. The van der Waals surface area contributed by atoms with Crippen molar-refractivity contribution in [2.75, 3.05) is 13.2 Å². The Labute approximate surface area is 188 Å². The van der Waals surface area contributed by atoms with Gasteiger partial charge in [-0.2, -0.15) is 4.98 Å². The second-order valence-corrected chi connectivity index (χ2v) is 10.1. The summed E-state index contributed by atoms with van der Waals surface area (Å²) in [6.45, 7) is 15.1. The van der Waals surface area contributed by atoms with Crippen molar-refractivity contribution in [1.82, 2.24) is 19.2 Å². The molecule has 0 radical (unpaired) electrons. The van der Waals surface area contributed by atoms with Gasteiger partial charge in [0.15, 0.2) is 12.4 Å². The molecule has 5 atom stereocenters. The predicted octanol–water partition coefficient (Wildman–Crippen LogP) is 3.08. The highest BCUT2D eigenvalue weighted by Crippen LogP contribution is 2.56. The number of aromatic nitrogens is 3. The zero-order chi connectivity index (χ0) is 24.3. The molecule has 0 amide bonds. The summed E-state index contributed by atoms with van der Waals surface area (Å²) >= 11 is 0. The van der Waals surface area contributed by atoms with Gasteiger partial charge in [0.25, 0.3) is 0 Å². The molecule has 1 N–H and O–H groups in total. The fourth-order valence-corrected chi connectivity index (χ4v) is 6.48. The number of hydrogen-bond acceptors (Lipinski definition) is 6. The van der Waals surface area contributed by atoms with Crippen LogP contribution >= 0.6 is 8.30 Å². The van der Waals surface area contributed by atoms with Crippen LogP contribution in [0.2, 0.25) is 0 Å². The van der Waals surface area contributed by atoms with Crippen LogP contribution in [0, 0.1) is 6.57 Å². The van der Waals surface area contributed by atoms with E-state index < -0.39 is 43.7 Å². The zero-order valence-corrected chi connectivity index (χ0v) is 19.5. The third-order valence-electron chi connectivity index (χ3n) is 5.17. The van der Waals surface area contributed by atoms with E-state index >= 15 is 4.39 Å². The van der Waals surface area contributed by atoms with E-state index in [1.165, 1.54) is 18.3 Å². The summed E-state index contributed by atoms with van der Waals surface area (Å²) in [5.74, 6) is 0. The first kappa shape index (κ1) is 23.0. The summed E-state index contributed by atoms with van der Waals surface area (Å²) in [6.07, 6.45) is -2.31. The minimum absolute atomic E-state index is 0.0311. The standard InChI is InChI=1S/C21H29FN5O4P/c1-12(2)27(13(3)4)32(30-10-9-23-6)18-14(5)31-20(17(18)22)26-11-15-7-8-16(28)24-19(15)25-21(26)29/h7-8,11-14,17-18,20H,9-10H2,1-5H3,(H,24,25,28,29)/i5D. The highest BCUT2D eigenvalue weighted by atomic mass is 31.2. The van der Waals surface area contributed by atoms with Crippen molar-refractivity contribution < 1.29 is 15.0 Å². The average Bonchev–Trinajstić information content (AvgIpc) is 3.07. The van der Waals surface area contributed by atoms with Crippen molar-refractivity contribution in [2.24, 2.45) is 0 Å². The number of nitrogens with zero attached hydrogens (tertiary/aromatic N) is 4. The van der Waals surface area contributed by atoms with Gasteiger partial charge in [0.1, 0.15) is 20.6 Å². The van der Waals surface area contributed by atoms with Crippen LogP contribution < -0.4 is 11.2 Å². The number of H-pyrrole nitrogens is 1. The number of alkyl halides is 1. The van der Waals surface area contributed by atoms with Gasteiger partial charge in [-0.15, -0.1) is 0 Å². The van der Waals surface area contributed by atoms with E-state index in [0.29, 0.717) is 5.39 Å². The number of hydrogen-bond donors (Lipinski definition) is 1. The van der Waals surface area contributed by atoms with E-state index in [0.717, 1.165) is 4.57 Å². The molecule has 0 bridgehead atoms. The molecule has 0 saturated carbocycles. The molecular formula is C21H29FN5O4P. The molecule has 5 unspecified atom stereocenters. The number of pyridine rings is 1. The topological polar surface area (TPSA) is 93.8 Å². The molecule has 9 nitrogen and oxygen atoms in total. The Kier molecular flexibility index (Phi) is 7.31. The highest BCUT2D eigenvalue weighted by molar-refractivity contribution is 7.51. The molecule has 0 aliphatic carbocycles. The van der Waals surface area contributed by atoms with Crippen LogP contribution in [-0.4, -0.2) is 62.4 Å². The van der Waals surface area contributed by atoms with E-state index in [-0.39, 0.29) is 37.8 Å². The Morgan fingerprint density at radius 2 is 2.12 bits per heavy atom. The van der Waals surface area contributed by atoms with Gasteiger partial charge in [-0.1, -0.05) is 0 Å². The Hall–Kier alpha value is -2.18. The molecule has 32 heavy (non-hydrogen) atoms. The number of nitrogens with one attached hydrogen (secondary N) is 1. The molecule has 1 aliphatic rings. The van der Waals surface area contributed by atoms with Crippen molar-refractivity contribution in [2.45, 2.75) is 70.8 Å². The molecule has 11 heteroatoms. The van der Waals surface area contributed by atoms with E-state index in [2.05, 4.69) is 19.5 Å². The van der Waals surface area contributed by atoms with E-state index in [4.69, 9.17) is 17.2 Å². The Morgan fingerprint density at radius 3 is 2.75 bits per heavy atom. The Bertz CT molecular complexity index is 1110. The lowest BCUT2D eigenvalue weighted by molar-refractivity contribution is -0.0143. The largest absolute Gasteiger partial charge is 0.351 e. The van der Waals surface area contributed by atoms with Crippen LogP contribution in [0.3, 0.4) is 0 Å². The van der Waals surface area contributed by atoms with Gasteiger partial charge in [-0.3, -0.25) is 14.0 Å². The lowest BCUT2D eigenvalue weighted by Gasteiger charge is -2.40. The van der Waals surface area contributed by atoms with E-state index in [1.807, 2.05) is 27.7 Å². The summed E-state index contributed by atoms with van der Waals surface area (Å²) in [5, 5.41) is 0.456. The lowest BCUT2D eigenvalue weighted by Crippen LogP contribution is -2.40.